The van der Waals surface area contributed by atoms with E-state index in [9.17, 15) is 8.42 Å². The topological polar surface area (TPSA) is 59.9 Å². The summed E-state index contributed by atoms with van der Waals surface area (Å²) in [7, 11) is -2.89. The van der Waals surface area contributed by atoms with Crippen LogP contribution in [0, 0.1) is 11.8 Å². The van der Waals surface area contributed by atoms with Crippen molar-refractivity contribution in [2.75, 3.05) is 5.75 Å². The van der Waals surface area contributed by atoms with Gasteiger partial charge in [-0.25, -0.2) is 18.4 Å². The maximum atomic E-state index is 12.0. The third-order valence-corrected chi connectivity index (χ3v) is 6.92. The van der Waals surface area contributed by atoms with Gasteiger partial charge in [0.25, 0.3) is 0 Å². The molecule has 0 saturated heterocycles. The van der Waals surface area contributed by atoms with Crippen LogP contribution in [0.3, 0.4) is 0 Å². The molecule has 0 amide bonds. The van der Waals surface area contributed by atoms with Crippen LogP contribution in [-0.2, 0) is 16.3 Å². The summed E-state index contributed by atoms with van der Waals surface area (Å²) in [5.41, 5.74) is 0. The molecule has 1 aliphatic rings. The lowest BCUT2D eigenvalue weighted by atomic mass is 9.81. The molecule has 1 aromatic heterocycles. The highest BCUT2D eigenvalue weighted by molar-refractivity contribution is 7.91. The van der Waals surface area contributed by atoms with Crippen LogP contribution in [0.15, 0.2) is 18.5 Å². The Morgan fingerprint density at radius 2 is 1.67 bits per heavy atom. The smallest absolute Gasteiger partial charge is 0.152 e. The third-order valence-electron chi connectivity index (χ3n) is 4.55. The van der Waals surface area contributed by atoms with E-state index in [1.54, 1.807) is 26.2 Å². The Kier molecular flexibility index (Phi) is 5.73. The van der Waals surface area contributed by atoms with Gasteiger partial charge in [0.2, 0.25) is 0 Å². The molecule has 2 rings (SSSR count). The lowest BCUT2D eigenvalue weighted by Gasteiger charge is -2.28. The zero-order valence-corrected chi connectivity index (χ0v) is 13.8. The van der Waals surface area contributed by atoms with Crippen molar-refractivity contribution >= 4 is 9.84 Å². The highest BCUT2D eigenvalue weighted by atomic mass is 32.2. The van der Waals surface area contributed by atoms with Crippen molar-refractivity contribution in [2.45, 2.75) is 57.6 Å². The first-order valence-corrected chi connectivity index (χ1v) is 9.66. The summed E-state index contributed by atoms with van der Waals surface area (Å²) < 4.78 is 23.9. The Balaban J connectivity index is 1.74. The van der Waals surface area contributed by atoms with Crippen LogP contribution in [0.5, 0.6) is 0 Å². The molecule has 0 spiro atoms. The van der Waals surface area contributed by atoms with Crippen LogP contribution in [0.2, 0.25) is 0 Å². The standard InChI is InChI=1S/C16H26N2O2S/c1-13(2)21(19,20)12-15-6-4-14(5-7-15)8-9-16-17-10-3-11-18-16/h3,10-11,13-15H,4-9,12H2,1-2H3. The third kappa shape index (κ3) is 5.06. The number of aromatic nitrogens is 2. The van der Waals surface area contributed by atoms with Gasteiger partial charge in [-0.05, 0) is 51.0 Å². The molecule has 5 heteroatoms. The molecule has 1 fully saturated rings. The van der Waals surface area contributed by atoms with E-state index in [0.29, 0.717) is 17.6 Å². The Bertz CT molecular complexity index is 520. The minimum atomic E-state index is -2.89. The number of hydrogen-bond acceptors (Lipinski definition) is 4. The highest BCUT2D eigenvalue weighted by Crippen LogP contribution is 2.32. The van der Waals surface area contributed by atoms with Crippen LogP contribution in [-0.4, -0.2) is 29.4 Å². The Labute approximate surface area is 128 Å². The molecule has 1 saturated carbocycles. The molecule has 0 aliphatic heterocycles. The normalized spacial score (nSPS) is 23.4. The van der Waals surface area contributed by atoms with Crippen LogP contribution in [0.25, 0.3) is 0 Å². The maximum Gasteiger partial charge on any atom is 0.152 e. The second kappa shape index (κ2) is 7.34. The predicted octanol–water partition coefficient (Wildman–Crippen LogP) is 3.04. The second-order valence-electron chi connectivity index (χ2n) is 6.47. The van der Waals surface area contributed by atoms with Crippen molar-refractivity contribution in [3.05, 3.63) is 24.3 Å². The van der Waals surface area contributed by atoms with E-state index in [0.717, 1.165) is 44.3 Å². The summed E-state index contributed by atoms with van der Waals surface area (Å²) in [5.74, 6) is 2.36. The van der Waals surface area contributed by atoms with Crippen LogP contribution in [0.1, 0.15) is 51.8 Å². The number of rotatable bonds is 6. The van der Waals surface area contributed by atoms with E-state index >= 15 is 0 Å². The van der Waals surface area contributed by atoms with Crippen molar-refractivity contribution in [1.29, 1.82) is 0 Å². The summed E-state index contributed by atoms with van der Waals surface area (Å²) in [5, 5.41) is -0.245. The van der Waals surface area contributed by atoms with Crippen LogP contribution >= 0.6 is 0 Å². The van der Waals surface area contributed by atoms with E-state index < -0.39 is 9.84 Å². The highest BCUT2D eigenvalue weighted by Gasteiger charge is 2.27. The van der Waals surface area contributed by atoms with Gasteiger partial charge in [0.05, 0.1) is 11.0 Å². The first kappa shape index (κ1) is 16.4. The molecule has 1 heterocycles. The molecule has 0 N–H and O–H groups in total. The van der Waals surface area contributed by atoms with Crippen molar-refractivity contribution in [1.82, 2.24) is 9.97 Å². The van der Waals surface area contributed by atoms with Crippen molar-refractivity contribution in [3.8, 4) is 0 Å². The zero-order valence-electron chi connectivity index (χ0n) is 13.0. The first-order chi connectivity index (χ1) is 9.97. The summed E-state index contributed by atoms with van der Waals surface area (Å²) in [4.78, 5) is 8.51. The van der Waals surface area contributed by atoms with Gasteiger partial charge in [-0.3, -0.25) is 0 Å². The van der Waals surface area contributed by atoms with E-state index in [1.165, 1.54) is 0 Å². The number of nitrogens with zero attached hydrogens (tertiary/aromatic N) is 2. The van der Waals surface area contributed by atoms with Crippen molar-refractivity contribution < 1.29 is 8.42 Å². The van der Waals surface area contributed by atoms with Gasteiger partial charge in [-0.1, -0.05) is 12.8 Å². The van der Waals surface area contributed by atoms with Gasteiger partial charge in [0.15, 0.2) is 9.84 Å². The van der Waals surface area contributed by atoms with E-state index in [-0.39, 0.29) is 5.25 Å². The predicted molar refractivity (Wildman–Crippen MR) is 84.7 cm³/mol. The van der Waals surface area contributed by atoms with E-state index in [2.05, 4.69) is 9.97 Å². The lowest BCUT2D eigenvalue weighted by molar-refractivity contribution is 0.277. The zero-order chi connectivity index (χ0) is 15.3. The van der Waals surface area contributed by atoms with Gasteiger partial charge < -0.3 is 0 Å². The largest absolute Gasteiger partial charge is 0.241 e. The average molecular weight is 310 g/mol. The minimum Gasteiger partial charge on any atom is -0.241 e. The van der Waals surface area contributed by atoms with Crippen molar-refractivity contribution in [2.24, 2.45) is 11.8 Å². The monoisotopic (exact) mass is 310 g/mol. The van der Waals surface area contributed by atoms with Gasteiger partial charge in [0.1, 0.15) is 5.82 Å². The van der Waals surface area contributed by atoms with E-state index in [4.69, 9.17) is 0 Å². The molecule has 0 atom stereocenters. The fraction of sp³-hybridized carbons (Fsp3) is 0.750. The molecular formula is C16H26N2O2S. The summed E-state index contributed by atoms with van der Waals surface area (Å²) in [6.45, 7) is 3.56. The maximum absolute atomic E-state index is 12.0. The molecule has 0 unspecified atom stereocenters. The molecule has 0 radical (unpaired) electrons. The molecular weight excluding hydrogens is 284 g/mol. The van der Waals surface area contributed by atoms with Gasteiger partial charge in [-0.2, -0.15) is 0 Å². The van der Waals surface area contributed by atoms with Gasteiger partial charge in [0, 0.05) is 18.8 Å². The Hall–Kier alpha value is -0.970. The SMILES string of the molecule is CC(C)S(=O)(=O)CC1CCC(CCc2ncccn2)CC1. The van der Waals surface area contributed by atoms with E-state index in [1.807, 2.05) is 6.07 Å². The Morgan fingerprint density at radius 1 is 1.10 bits per heavy atom. The van der Waals surface area contributed by atoms with Crippen molar-refractivity contribution in [3.63, 3.8) is 0 Å². The number of hydrogen-bond donors (Lipinski definition) is 0. The van der Waals surface area contributed by atoms with Gasteiger partial charge in [-0.15, -0.1) is 0 Å². The molecule has 4 nitrogen and oxygen atoms in total. The molecule has 21 heavy (non-hydrogen) atoms. The fourth-order valence-corrected chi connectivity index (χ4v) is 4.38. The lowest BCUT2D eigenvalue weighted by Crippen LogP contribution is -2.26. The quantitative estimate of drug-likeness (QED) is 0.810. The summed E-state index contributed by atoms with van der Waals surface area (Å²) in [6.07, 6.45) is 10.0. The molecule has 118 valence electrons. The molecule has 0 aromatic carbocycles. The first-order valence-electron chi connectivity index (χ1n) is 7.95. The molecule has 1 aliphatic carbocycles. The fourth-order valence-electron chi connectivity index (χ4n) is 3.00. The molecule has 1 aromatic rings. The molecule has 0 bridgehead atoms. The number of sulfone groups is 1. The van der Waals surface area contributed by atoms with Gasteiger partial charge >= 0.3 is 0 Å². The average Bonchev–Trinajstić information content (AvgIpc) is 2.47. The Morgan fingerprint density at radius 3 is 2.24 bits per heavy atom. The number of aryl methyl sites for hydroxylation is 1. The van der Waals surface area contributed by atoms with Crippen LogP contribution in [0.4, 0.5) is 0 Å². The van der Waals surface area contributed by atoms with Crippen LogP contribution < -0.4 is 0 Å². The summed E-state index contributed by atoms with van der Waals surface area (Å²) in [6, 6.07) is 1.84. The summed E-state index contributed by atoms with van der Waals surface area (Å²) >= 11 is 0. The minimum absolute atomic E-state index is 0.245. The second-order valence-corrected chi connectivity index (χ2v) is 9.07.